The zero-order valence-corrected chi connectivity index (χ0v) is 20.2. The molecule has 3 rings (SSSR count). The molecular weight excluding hydrogens is 464 g/mol. The summed E-state index contributed by atoms with van der Waals surface area (Å²) < 4.78 is 62.4. The zero-order chi connectivity index (χ0) is 25.8. The van der Waals surface area contributed by atoms with Gasteiger partial charge in [-0.15, -0.1) is 0 Å². The molecule has 2 unspecified atom stereocenters. The molecule has 0 aromatic carbocycles. The number of nitrogens with one attached hydrogen (secondary N) is 2. The van der Waals surface area contributed by atoms with Crippen molar-refractivity contribution in [3.05, 3.63) is 69.9 Å². The lowest BCUT2D eigenvalue weighted by Crippen LogP contribution is -2.37. The van der Waals surface area contributed by atoms with Gasteiger partial charge in [0.05, 0.1) is 25.5 Å². The molecule has 0 saturated carbocycles. The highest BCUT2D eigenvalue weighted by Crippen LogP contribution is 2.36. The first-order valence-corrected chi connectivity index (χ1v) is 11.2. The van der Waals surface area contributed by atoms with Crippen molar-refractivity contribution < 1.29 is 27.0 Å². The van der Waals surface area contributed by atoms with Crippen LogP contribution in [-0.4, -0.2) is 56.3 Å². The van der Waals surface area contributed by atoms with Crippen molar-refractivity contribution in [2.24, 2.45) is 4.99 Å². The number of hydrogen-bond donors (Lipinski definition) is 2. The van der Waals surface area contributed by atoms with Crippen LogP contribution in [0.15, 0.2) is 74.9 Å². The smallest absolute Gasteiger partial charge is 0.410 e. The zero-order valence-electron chi connectivity index (χ0n) is 20.2. The number of likely N-dealkylation sites (N-methyl/N-ethyl adjacent to an activating group) is 1. The Bertz CT molecular complexity index is 1060. The molecule has 2 heterocycles. The minimum Gasteiger partial charge on any atom is -0.496 e. The Morgan fingerprint density at radius 3 is 2.69 bits per heavy atom. The van der Waals surface area contributed by atoms with Crippen molar-refractivity contribution in [3.8, 4) is 0 Å². The topological polar surface area (TPSA) is 69.9 Å². The molecule has 10 heteroatoms. The van der Waals surface area contributed by atoms with Gasteiger partial charge in [-0.05, 0) is 49.5 Å². The first-order valence-electron chi connectivity index (χ1n) is 11.2. The van der Waals surface area contributed by atoms with Crippen molar-refractivity contribution in [2.75, 3.05) is 20.8 Å². The van der Waals surface area contributed by atoms with E-state index < -0.39 is 6.18 Å². The molecule has 0 fully saturated rings. The van der Waals surface area contributed by atoms with Crippen LogP contribution in [-0.2, 0) is 9.47 Å². The van der Waals surface area contributed by atoms with Gasteiger partial charge in [0.1, 0.15) is 11.9 Å². The Morgan fingerprint density at radius 2 is 2.09 bits per heavy atom. The summed E-state index contributed by atoms with van der Waals surface area (Å²) in [6.07, 6.45) is 4.35. The standard InChI is InChI=1S/C25H30F4N4O2/c1-15(11-25(27,28)29)9-17(12-30)14-35-19-6-7-20(21(10-19)34-4)23-16(2)32-24(33(23)3)18-5-8-22(26)31-13-18/h7,9-13,19,24,30,32H,5-6,8,14H2,1-4H3/b15-11+,17-9+,30-12?. The summed E-state index contributed by atoms with van der Waals surface area (Å²) in [5.74, 6) is 0.248. The van der Waals surface area contributed by atoms with Gasteiger partial charge in [0.2, 0.25) is 0 Å². The number of alkyl halides is 3. The van der Waals surface area contributed by atoms with Crippen molar-refractivity contribution in [1.82, 2.24) is 10.2 Å². The van der Waals surface area contributed by atoms with E-state index in [0.717, 1.165) is 28.8 Å². The van der Waals surface area contributed by atoms with Crippen LogP contribution >= 0.6 is 0 Å². The number of allylic oxidation sites excluding steroid dienone is 4. The first kappa shape index (κ1) is 26.5. The Kier molecular flexibility index (Phi) is 8.37. The predicted octanol–water partition coefficient (Wildman–Crippen LogP) is 5.45. The highest BCUT2D eigenvalue weighted by Gasteiger charge is 2.34. The summed E-state index contributed by atoms with van der Waals surface area (Å²) in [5, 5.41) is 10.9. The summed E-state index contributed by atoms with van der Waals surface area (Å²) in [6.45, 7) is 3.29. The van der Waals surface area contributed by atoms with E-state index in [9.17, 15) is 17.6 Å². The second-order valence-corrected chi connectivity index (χ2v) is 8.57. The van der Waals surface area contributed by atoms with Crippen molar-refractivity contribution in [1.29, 1.82) is 5.41 Å². The maximum atomic E-state index is 13.3. The SMILES string of the molecule is COC1=CC(OC/C(C=N)=C/C(C)=C/C(F)(F)F)CC=C1C1=C(C)NC(C2=CN=C(F)CC2)N1C. The highest BCUT2D eigenvalue weighted by atomic mass is 19.4. The summed E-state index contributed by atoms with van der Waals surface area (Å²) in [4.78, 5) is 5.90. The molecule has 2 aliphatic heterocycles. The lowest BCUT2D eigenvalue weighted by molar-refractivity contribution is -0.0803. The van der Waals surface area contributed by atoms with Gasteiger partial charge in [0.25, 0.3) is 0 Å². The number of rotatable bonds is 8. The second kappa shape index (κ2) is 11.1. The number of nitrogens with zero attached hydrogens (tertiary/aromatic N) is 2. The molecule has 0 aromatic heterocycles. The molecular formula is C25H30F4N4O2. The summed E-state index contributed by atoms with van der Waals surface area (Å²) in [7, 11) is 3.51. The summed E-state index contributed by atoms with van der Waals surface area (Å²) >= 11 is 0. The second-order valence-electron chi connectivity index (χ2n) is 8.57. The molecule has 190 valence electrons. The molecule has 35 heavy (non-hydrogen) atoms. The molecule has 0 saturated heterocycles. The van der Waals surface area contributed by atoms with E-state index in [1.807, 2.05) is 26.1 Å². The largest absolute Gasteiger partial charge is 0.496 e. The van der Waals surface area contributed by atoms with Gasteiger partial charge in [0.15, 0.2) is 5.97 Å². The predicted molar refractivity (Wildman–Crippen MR) is 127 cm³/mol. The molecule has 1 aliphatic carbocycles. The Morgan fingerprint density at radius 1 is 1.34 bits per heavy atom. The van der Waals surface area contributed by atoms with Crippen LogP contribution < -0.4 is 5.32 Å². The van der Waals surface area contributed by atoms with Crippen LogP contribution in [0.3, 0.4) is 0 Å². The van der Waals surface area contributed by atoms with Crippen molar-refractivity contribution >= 4 is 12.2 Å². The quantitative estimate of drug-likeness (QED) is 0.267. The molecule has 2 atom stereocenters. The number of halogens is 4. The lowest BCUT2D eigenvalue weighted by atomic mass is 9.98. The van der Waals surface area contributed by atoms with Gasteiger partial charge in [-0.2, -0.15) is 17.6 Å². The average molecular weight is 495 g/mol. The van der Waals surface area contributed by atoms with E-state index >= 15 is 0 Å². The van der Waals surface area contributed by atoms with Gasteiger partial charge < -0.3 is 25.1 Å². The minimum absolute atomic E-state index is 0.00574. The number of hydrogen-bond acceptors (Lipinski definition) is 6. The fourth-order valence-corrected chi connectivity index (χ4v) is 4.32. The molecule has 0 amide bonds. The van der Waals surface area contributed by atoms with Crippen LogP contribution in [0.1, 0.15) is 33.1 Å². The number of methoxy groups -OCH3 is 1. The van der Waals surface area contributed by atoms with E-state index in [1.54, 1.807) is 13.3 Å². The van der Waals surface area contributed by atoms with Gasteiger partial charge in [-0.1, -0.05) is 12.2 Å². The van der Waals surface area contributed by atoms with Crippen LogP contribution in [0.25, 0.3) is 0 Å². The Labute approximate surface area is 202 Å². The van der Waals surface area contributed by atoms with Crippen LogP contribution in [0.5, 0.6) is 0 Å². The van der Waals surface area contributed by atoms with Crippen LogP contribution in [0.4, 0.5) is 17.6 Å². The van der Waals surface area contributed by atoms with E-state index in [-0.39, 0.29) is 42.9 Å². The maximum Gasteiger partial charge on any atom is 0.410 e. The van der Waals surface area contributed by atoms with E-state index in [0.29, 0.717) is 24.2 Å². The summed E-state index contributed by atoms with van der Waals surface area (Å²) in [5.41, 5.74) is 4.10. The van der Waals surface area contributed by atoms with Gasteiger partial charge in [0, 0.05) is 43.2 Å². The number of aliphatic imine (C=N–C) groups is 1. The van der Waals surface area contributed by atoms with Crippen molar-refractivity contribution in [3.63, 3.8) is 0 Å². The molecule has 0 aromatic rings. The highest BCUT2D eigenvalue weighted by molar-refractivity contribution is 5.77. The first-order chi connectivity index (χ1) is 16.5. The van der Waals surface area contributed by atoms with Crippen molar-refractivity contribution in [2.45, 2.75) is 51.6 Å². The average Bonchev–Trinajstić information content (AvgIpc) is 3.09. The summed E-state index contributed by atoms with van der Waals surface area (Å²) in [6, 6.07) is 0. The van der Waals surface area contributed by atoms with Gasteiger partial charge in [-0.3, -0.25) is 0 Å². The fraction of sp³-hybridized carbons (Fsp3) is 0.440. The molecule has 0 radical (unpaired) electrons. The monoisotopic (exact) mass is 494 g/mol. The lowest BCUT2D eigenvalue weighted by Gasteiger charge is -2.30. The molecule has 2 N–H and O–H groups in total. The van der Waals surface area contributed by atoms with E-state index in [4.69, 9.17) is 14.9 Å². The molecule has 6 nitrogen and oxygen atoms in total. The minimum atomic E-state index is -4.42. The fourth-order valence-electron chi connectivity index (χ4n) is 4.32. The normalized spacial score (nSPS) is 23.9. The van der Waals surface area contributed by atoms with E-state index in [1.165, 1.54) is 13.0 Å². The molecule has 0 bridgehead atoms. The van der Waals surface area contributed by atoms with E-state index in [2.05, 4.69) is 15.2 Å². The maximum absolute atomic E-state index is 13.3. The van der Waals surface area contributed by atoms with Gasteiger partial charge >= 0.3 is 6.18 Å². The number of ether oxygens (including phenoxy) is 2. The van der Waals surface area contributed by atoms with Gasteiger partial charge in [-0.25, -0.2) is 4.99 Å². The van der Waals surface area contributed by atoms with Crippen LogP contribution in [0, 0.1) is 5.41 Å². The molecule has 3 aliphatic rings. The Hall–Kier alpha value is -3.14. The Balaban J connectivity index is 1.70. The third-order valence-electron chi connectivity index (χ3n) is 5.88. The third kappa shape index (κ3) is 6.72. The van der Waals surface area contributed by atoms with Crippen LogP contribution in [0.2, 0.25) is 0 Å². The third-order valence-corrected chi connectivity index (χ3v) is 5.88. The molecule has 0 spiro atoms.